The number of nitrogens with zero attached hydrogens (tertiary/aromatic N) is 4. The summed E-state index contributed by atoms with van der Waals surface area (Å²) in [6.45, 7) is 0.261. The predicted octanol–water partition coefficient (Wildman–Crippen LogP) is 1.89. The number of rotatable bonds is 5. The molecule has 0 unspecified atom stereocenters. The van der Waals surface area contributed by atoms with Gasteiger partial charge in [-0.25, -0.2) is 14.8 Å². The summed E-state index contributed by atoms with van der Waals surface area (Å²) in [7, 11) is 3.63. The van der Waals surface area contributed by atoms with Gasteiger partial charge in [-0.2, -0.15) is 0 Å². The number of carbonyl (C=O) groups excluding carboxylic acids is 3. The van der Waals surface area contributed by atoms with E-state index in [-0.39, 0.29) is 12.1 Å². The highest BCUT2D eigenvalue weighted by Gasteiger charge is 2.35. The molecular weight excluding hydrogens is 346 g/mol. The lowest BCUT2D eigenvalue weighted by Gasteiger charge is -2.27. The van der Waals surface area contributed by atoms with E-state index in [2.05, 4.69) is 21.4 Å². The number of anilines is 1. The Balaban J connectivity index is 1.76. The van der Waals surface area contributed by atoms with E-state index < -0.39 is 17.8 Å². The van der Waals surface area contributed by atoms with Crippen LogP contribution in [0.15, 0.2) is 29.6 Å². The van der Waals surface area contributed by atoms with Crippen molar-refractivity contribution in [2.75, 3.05) is 25.5 Å². The van der Waals surface area contributed by atoms with Gasteiger partial charge in [0.2, 0.25) is 5.95 Å². The molecule has 0 aromatic carbocycles. The zero-order valence-electron chi connectivity index (χ0n) is 15.6. The van der Waals surface area contributed by atoms with Crippen molar-refractivity contribution in [1.82, 2.24) is 20.2 Å². The maximum Gasteiger partial charge on any atom is 0.331 e. The Morgan fingerprint density at radius 3 is 2.56 bits per heavy atom. The number of imide groups is 2. The molecule has 0 atom stereocenters. The van der Waals surface area contributed by atoms with Gasteiger partial charge in [0.25, 0.3) is 11.8 Å². The number of carbonyl (C=O) groups is 3. The van der Waals surface area contributed by atoms with Crippen LogP contribution in [-0.2, 0) is 9.59 Å². The average molecular weight is 369 g/mol. The molecule has 0 radical (unpaired) electrons. The molecule has 4 amide bonds. The summed E-state index contributed by atoms with van der Waals surface area (Å²) in [4.78, 5) is 48.1. The highest BCUT2D eigenvalue weighted by molar-refractivity contribution is 6.30. The third-order valence-electron chi connectivity index (χ3n) is 4.60. The SMILES string of the molecule is CN(C)c1ncc(C=C2C(=O)NC(=O)N(CCC3=CCCCC3)C2=O)cn1. The number of allylic oxidation sites excluding steroid dienone is 1. The Labute approximate surface area is 158 Å². The molecule has 0 bridgehead atoms. The van der Waals surface area contributed by atoms with Gasteiger partial charge in [-0.05, 0) is 38.2 Å². The zero-order valence-corrected chi connectivity index (χ0v) is 15.6. The Bertz CT molecular complexity index is 811. The van der Waals surface area contributed by atoms with Crippen molar-refractivity contribution in [1.29, 1.82) is 0 Å². The summed E-state index contributed by atoms with van der Waals surface area (Å²) >= 11 is 0. The lowest BCUT2D eigenvalue weighted by molar-refractivity contribution is -0.130. The van der Waals surface area contributed by atoms with Gasteiger partial charge in [-0.15, -0.1) is 0 Å². The van der Waals surface area contributed by atoms with Crippen LogP contribution in [0.2, 0.25) is 0 Å². The number of amides is 4. The monoisotopic (exact) mass is 369 g/mol. The van der Waals surface area contributed by atoms with Crippen LogP contribution in [0.4, 0.5) is 10.7 Å². The molecule has 8 heteroatoms. The topological polar surface area (TPSA) is 95.5 Å². The second-order valence-electron chi connectivity index (χ2n) is 6.84. The van der Waals surface area contributed by atoms with Crippen molar-refractivity contribution in [2.45, 2.75) is 32.1 Å². The van der Waals surface area contributed by atoms with Crippen LogP contribution in [0, 0.1) is 0 Å². The number of hydrogen-bond donors (Lipinski definition) is 1. The molecule has 1 saturated heterocycles. The van der Waals surface area contributed by atoms with Crippen LogP contribution in [0.25, 0.3) is 6.08 Å². The van der Waals surface area contributed by atoms with Crippen LogP contribution in [0.5, 0.6) is 0 Å². The van der Waals surface area contributed by atoms with Gasteiger partial charge in [-0.1, -0.05) is 11.6 Å². The van der Waals surface area contributed by atoms with Crippen LogP contribution in [0.3, 0.4) is 0 Å². The van der Waals surface area contributed by atoms with E-state index in [1.165, 1.54) is 30.5 Å². The summed E-state index contributed by atoms with van der Waals surface area (Å²) in [6, 6.07) is -0.669. The number of nitrogens with one attached hydrogen (secondary N) is 1. The highest BCUT2D eigenvalue weighted by atomic mass is 16.2. The normalized spacial score (nSPS) is 19.2. The first-order valence-corrected chi connectivity index (χ1v) is 9.02. The molecule has 8 nitrogen and oxygen atoms in total. The summed E-state index contributed by atoms with van der Waals surface area (Å²) < 4.78 is 0. The highest BCUT2D eigenvalue weighted by Crippen LogP contribution is 2.22. The van der Waals surface area contributed by atoms with Crippen molar-refractivity contribution in [2.24, 2.45) is 0 Å². The second-order valence-corrected chi connectivity index (χ2v) is 6.84. The minimum absolute atomic E-state index is 0.0894. The van der Waals surface area contributed by atoms with E-state index in [9.17, 15) is 14.4 Å². The van der Waals surface area contributed by atoms with Crippen LogP contribution >= 0.6 is 0 Å². The number of aromatic nitrogens is 2. The van der Waals surface area contributed by atoms with Crippen LogP contribution < -0.4 is 10.2 Å². The molecule has 0 saturated carbocycles. The predicted molar refractivity (Wildman–Crippen MR) is 101 cm³/mol. The maximum atomic E-state index is 12.7. The first-order valence-electron chi connectivity index (χ1n) is 9.02. The van der Waals surface area contributed by atoms with Gasteiger partial charge in [0.15, 0.2) is 0 Å². The quantitative estimate of drug-likeness (QED) is 0.484. The van der Waals surface area contributed by atoms with E-state index in [0.29, 0.717) is 17.9 Å². The average Bonchev–Trinajstić information content (AvgIpc) is 2.66. The molecular formula is C19H23N5O3. The lowest BCUT2D eigenvalue weighted by atomic mass is 9.97. The van der Waals surface area contributed by atoms with Gasteiger partial charge in [0.05, 0.1) is 0 Å². The minimum atomic E-state index is -0.699. The van der Waals surface area contributed by atoms with Crippen molar-refractivity contribution >= 4 is 29.9 Å². The summed E-state index contributed by atoms with van der Waals surface area (Å²) in [5.41, 5.74) is 1.69. The van der Waals surface area contributed by atoms with Gasteiger partial charge >= 0.3 is 6.03 Å². The molecule has 1 fully saturated rings. The Kier molecular flexibility index (Phi) is 5.63. The van der Waals surface area contributed by atoms with Gasteiger partial charge in [0, 0.05) is 38.6 Å². The van der Waals surface area contributed by atoms with E-state index in [4.69, 9.17) is 0 Å². The van der Waals surface area contributed by atoms with Gasteiger partial charge in [0.1, 0.15) is 5.57 Å². The minimum Gasteiger partial charge on any atom is -0.347 e. The molecule has 1 aromatic heterocycles. The largest absolute Gasteiger partial charge is 0.347 e. The molecule has 1 aromatic rings. The fraction of sp³-hybridized carbons (Fsp3) is 0.421. The first-order chi connectivity index (χ1) is 13.0. The first kappa shape index (κ1) is 18.8. The van der Waals surface area contributed by atoms with E-state index in [1.807, 2.05) is 14.1 Å². The number of urea groups is 1. The van der Waals surface area contributed by atoms with E-state index in [0.717, 1.165) is 24.2 Å². The fourth-order valence-electron chi connectivity index (χ4n) is 3.09. The van der Waals surface area contributed by atoms with Crippen molar-refractivity contribution in [3.8, 4) is 0 Å². The lowest BCUT2D eigenvalue weighted by Crippen LogP contribution is -2.54. The summed E-state index contributed by atoms with van der Waals surface area (Å²) in [5, 5.41) is 2.24. The zero-order chi connectivity index (χ0) is 19.4. The molecule has 0 spiro atoms. The molecule has 3 rings (SSSR count). The smallest absolute Gasteiger partial charge is 0.331 e. The molecule has 1 aliphatic heterocycles. The third kappa shape index (κ3) is 4.39. The van der Waals surface area contributed by atoms with Crippen LogP contribution in [-0.4, -0.2) is 53.4 Å². The van der Waals surface area contributed by atoms with Crippen LogP contribution in [0.1, 0.15) is 37.7 Å². The standard InChI is InChI=1S/C19H23N5O3/c1-23(2)18-20-11-14(12-21-18)10-15-16(25)22-19(27)24(17(15)26)9-8-13-6-4-3-5-7-13/h6,10-12H,3-5,7-9H2,1-2H3,(H,22,25,27). The molecule has 142 valence electrons. The van der Waals surface area contributed by atoms with E-state index in [1.54, 1.807) is 4.90 Å². The van der Waals surface area contributed by atoms with Crippen molar-refractivity contribution in [3.63, 3.8) is 0 Å². The Morgan fingerprint density at radius 1 is 1.19 bits per heavy atom. The number of hydrogen-bond acceptors (Lipinski definition) is 6. The molecule has 2 aliphatic rings. The Hall–Kier alpha value is -3.03. The molecule has 27 heavy (non-hydrogen) atoms. The third-order valence-corrected chi connectivity index (χ3v) is 4.60. The molecule has 1 N–H and O–H groups in total. The van der Waals surface area contributed by atoms with Crippen molar-refractivity contribution in [3.05, 3.63) is 35.2 Å². The van der Waals surface area contributed by atoms with E-state index >= 15 is 0 Å². The fourth-order valence-corrected chi connectivity index (χ4v) is 3.09. The molecule has 1 aliphatic carbocycles. The summed E-state index contributed by atoms with van der Waals surface area (Å²) in [5.74, 6) is -0.763. The molecule has 2 heterocycles. The second kappa shape index (κ2) is 8.11. The Morgan fingerprint density at radius 2 is 1.93 bits per heavy atom. The van der Waals surface area contributed by atoms with Gasteiger partial charge < -0.3 is 4.90 Å². The maximum absolute atomic E-state index is 12.7. The number of barbiturate groups is 1. The van der Waals surface area contributed by atoms with Gasteiger partial charge in [-0.3, -0.25) is 19.8 Å². The summed E-state index contributed by atoms with van der Waals surface area (Å²) in [6.07, 6.45) is 11.7. The van der Waals surface area contributed by atoms with Crippen molar-refractivity contribution < 1.29 is 14.4 Å².